The van der Waals surface area contributed by atoms with Gasteiger partial charge in [0, 0.05) is 25.7 Å². The summed E-state index contributed by atoms with van der Waals surface area (Å²) < 4.78 is 68.2. The molecule has 0 spiro atoms. The van der Waals surface area contributed by atoms with Crippen molar-refractivity contribution in [3.8, 4) is 0 Å². The highest BCUT2D eigenvalue weighted by Crippen LogP contribution is 2.45. The molecule has 0 fully saturated rings. The third-order valence-electron chi connectivity index (χ3n) is 16.0. The SMILES string of the molecule is CCCCCCCCCCCCCCCCCC(=O)O[C@H](COC(=O)CCCCCCCCCCCCCCCC)COP(=O)(O)OC[C@@H](O)COP(=O)(O)OC[C@@H](COC(=O)CCCCCCCCC(C)C)OC(=O)CCCCCCCCCC(C)C. The molecular formula is C69H134O17P2. The molecule has 3 N–H and O–H groups in total. The highest BCUT2D eigenvalue weighted by Gasteiger charge is 2.30. The second-order valence-corrected chi connectivity index (χ2v) is 28.8. The zero-order chi connectivity index (χ0) is 65.0. The van der Waals surface area contributed by atoms with Crippen LogP contribution >= 0.6 is 15.6 Å². The Morgan fingerprint density at radius 1 is 0.307 bits per heavy atom. The van der Waals surface area contributed by atoms with Gasteiger partial charge in [0.2, 0.25) is 0 Å². The van der Waals surface area contributed by atoms with Gasteiger partial charge in [0.15, 0.2) is 12.2 Å². The molecule has 0 aromatic heterocycles. The highest BCUT2D eigenvalue weighted by atomic mass is 31.2. The van der Waals surface area contributed by atoms with E-state index in [0.717, 1.165) is 96.3 Å². The first-order chi connectivity index (χ1) is 42.4. The van der Waals surface area contributed by atoms with E-state index in [1.54, 1.807) is 0 Å². The molecule has 0 bridgehead atoms. The van der Waals surface area contributed by atoms with Gasteiger partial charge in [-0.05, 0) is 37.5 Å². The summed E-state index contributed by atoms with van der Waals surface area (Å²) in [4.78, 5) is 72.4. The van der Waals surface area contributed by atoms with Crippen molar-refractivity contribution in [1.82, 2.24) is 0 Å². The van der Waals surface area contributed by atoms with Crippen molar-refractivity contribution in [2.45, 2.75) is 368 Å². The molecular weight excluding hydrogens is 1160 g/mol. The van der Waals surface area contributed by atoms with Crippen molar-refractivity contribution in [3.05, 3.63) is 0 Å². The second-order valence-electron chi connectivity index (χ2n) is 25.9. The van der Waals surface area contributed by atoms with Crippen molar-refractivity contribution in [2.24, 2.45) is 11.8 Å². The van der Waals surface area contributed by atoms with Crippen molar-refractivity contribution in [1.29, 1.82) is 0 Å². The number of phosphoric ester groups is 2. The lowest BCUT2D eigenvalue weighted by atomic mass is 10.0. The molecule has 0 amide bonds. The number of unbranched alkanes of at least 4 members (excludes halogenated alkanes) is 38. The Balaban J connectivity index is 5.23. The molecule has 0 rings (SSSR count). The summed E-state index contributed by atoms with van der Waals surface area (Å²) in [5, 5.41) is 10.6. The van der Waals surface area contributed by atoms with Gasteiger partial charge in [-0.2, -0.15) is 0 Å². The first kappa shape index (κ1) is 86.1. The minimum Gasteiger partial charge on any atom is -0.462 e. The third kappa shape index (κ3) is 62.8. The Bertz CT molecular complexity index is 1720. The number of hydrogen-bond acceptors (Lipinski definition) is 15. The number of rotatable bonds is 68. The molecule has 19 heteroatoms. The van der Waals surface area contributed by atoms with Crippen molar-refractivity contribution >= 4 is 39.5 Å². The number of aliphatic hydroxyl groups is 1. The van der Waals surface area contributed by atoms with Crippen LogP contribution in [-0.4, -0.2) is 96.7 Å². The Labute approximate surface area is 537 Å². The summed E-state index contributed by atoms with van der Waals surface area (Å²) in [6.07, 6.45) is 46.0. The van der Waals surface area contributed by atoms with Crippen LogP contribution in [0.3, 0.4) is 0 Å². The summed E-state index contributed by atoms with van der Waals surface area (Å²) >= 11 is 0. The van der Waals surface area contributed by atoms with Crippen LogP contribution in [0.25, 0.3) is 0 Å². The molecule has 0 aliphatic heterocycles. The summed E-state index contributed by atoms with van der Waals surface area (Å²) in [5.41, 5.74) is 0. The van der Waals surface area contributed by atoms with Gasteiger partial charge < -0.3 is 33.8 Å². The molecule has 0 saturated carbocycles. The molecule has 0 radical (unpaired) electrons. The van der Waals surface area contributed by atoms with E-state index in [-0.39, 0.29) is 25.7 Å². The molecule has 522 valence electrons. The van der Waals surface area contributed by atoms with Gasteiger partial charge in [0.25, 0.3) is 0 Å². The van der Waals surface area contributed by atoms with E-state index in [1.165, 1.54) is 161 Å². The molecule has 0 heterocycles. The monoisotopic (exact) mass is 1300 g/mol. The summed E-state index contributed by atoms with van der Waals surface area (Å²) in [6, 6.07) is 0. The number of phosphoric acid groups is 2. The van der Waals surface area contributed by atoms with Crippen LogP contribution < -0.4 is 0 Å². The van der Waals surface area contributed by atoms with Crippen LogP contribution in [0.2, 0.25) is 0 Å². The Morgan fingerprint density at radius 2 is 0.523 bits per heavy atom. The summed E-state index contributed by atoms with van der Waals surface area (Å²) in [5.74, 6) is -0.753. The third-order valence-corrected chi connectivity index (χ3v) is 17.9. The topological polar surface area (TPSA) is 237 Å². The molecule has 0 aromatic rings. The number of esters is 4. The fourth-order valence-electron chi connectivity index (χ4n) is 10.4. The zero-order valence-corrected chi connectivity index (χ0v) is 58.8. The van der Waals surface area contributed by atoms with Crippen LogP contribution in [-0.2, 0) is 65.4 Å². The summed E-state index contributed by atoms with van der Waals surface area (Å²) in [7, 11) is -9.90. The second kappa shape index (κ2) is 61.3. The maximum absolute atomic E-state index is 13.0. The minimum atomic E-state index is -4.95. The molecule has 0 saturated heterocycles. The van der Waals surface area contributed by atoms with Gasteiger partial charge >= 0.3 is 39.5 Å². The van der Waals surface area contributed by atoms with E-state index in [9.17, 15) is 43.2 Å². The average Bonchev–Trinajstić information content (AvgIpc) is 3.67. The number of ether oxygens (including phenoxy) is 4. The Hall–Kier alpha value is -1.94. The quantitative estimate of drug-likeness (QED) is 0.0222. The lowest BCUT2D eigenvalue weighted by molar-refractivity contribution is -0.161. The van der Waals surface area contributed by atoms with Gasteiger partial charge in [0.05, 0.1) is 26.4 Å². The van der Waals surface area contributed by atoms with Gasteiger partial charge in [-0.3, -0.25) is 37.3 Å². The number of aliphatic hydroxyl groups excluding tert-OH is 1. The number of carbonyl (C=O) groups excluding carboxylic acids is 4. The lowest BCUT2D eigenvalue weighted by Crippen LogP contribution is -2.30. The van der Waals surface area contributed by atoms with Gasteiger partial charge in [-0.25, -0.2) is 9.13 Å². The van der Waals surface area contributed by atoms with Gasteiger partial charge in [-0.1, -0.05) is 298 Å². The van der Waals surface area contributed by atoms with Crippen LogP contribution in [0.15, 0.2) is 0 Å². The first-order valence-electron chi connectivity index (χ1n) is 36.0. The van der Waals surface area contributed by atoms with E-state index in [4.69, 9.17) is 37.0 Å². The highest BCUT2D eigenvalue weighted by molar-refractivity contribution is 7.47. The fourth-order valence-corrected chi connectivity index (χ4v) is 12.0. The van der Waals surface area contributed by atoms with Crippen molar-refractivity contribution < 1.29 is 80.2 Å². The first-order valence-corrected chi connectivity index (χ1v) is 39.0. The van der Waals surface area contributed by atoms with Gasteiger partial charge in [-0.15, -0.1) is 0 Å². The average molecular weight is 1300 g/mol. The van der Waals surface area contributed by atoms with E-state index >= 15 is 0 Å². The predicted molar refractivity (Wildman–Crippen MR) is 354 cm³/mol. The van der Waals surface area contributed by atoms with Gasteiger partial charge in [0.1, 0.15) is 19.3 Å². The van der Waals surface area contributed by atoms with Crippen LogP contribution in [0.5, 0.6) is 0 Å². The molecule has 88 heavy (non-hydrogen) atoms. The maximum Gasteiger partial charge on any atom is 0.472 e. The maximum atomic E-state index is 13.0. The molecule has 0 aliphatic carbocycles. The molecule has 0 aliphatic rings. The largest absolute Gasteiger partial charge is 0.472 e. The van der Waals surface area contributed by atoms with Crippen molar-refractivity contribution in [3.63, 3.8) is 0 Å². The molecule has 0 aromatic carbocycles. The Kier molecular flexibility index (Phi) is 59.9. The summed E-state index contributed by atoms with van der Waals surface area (Å²) in [6.45, 7) is 9.40. The number of carbonyl (C=O) groups is 4. The Morgan fingerprint density at radius 3 is 0.773 bits per heavy atom. The van der Waals surface area contributed by atoms with Crippen LogP contribution in [0, 0.1) is 11.8 Å². The van der Waals surface area contributed by atoms with Crippen molar-refractivity contribution in [2.75, 3.05) is 39.6 Å². The number of hydrogen-bond donors (Lipinski definition) is 3. The molecule has 2 unspecified atom stereocenters. The van der Waals surface area contributed by atoms with Crippen LogP contribution in [0.4, 0.5) is 0 Å². The minimum absolute atomic E-state index is 0.102. The standard InChI is InChI=1S/C69H134O17P2/c1-7-9-11-13-15-17-19-21-23-25-27-29-33-41-47-53-68(73)85-64(57-79-66(71)51-45-39-32-28-26-24-22-20-18-16-14-12-10-8-2)59-83-87(75,76)81-55-63(70)56-82-88(77,78)84-60-65(58-80-67(72)52-46-40-36-35-38-44-50-62(5)6)86-69(74)54-48-42-34-30-31-37-43-49-61(3)4/h61-65,70H,7-60H2,1-6H3,(H,75,76)(H,77,78)/t63-,64-,65-/m1/s1. The molecule has 17 nitrogen and oxygen atoms in total. The molecule has 5 atom stereocenters. The predicted octanol–water partition coefficient (Wildman–Crippen LogP) is 19.6. The van der Waals surface area contributed by atoms with E-state index in [2.05, 4.69) is 41.5 Å². The smallest absolute Gasteiger partial charge is 0.462 e. The normalized spacial score (nSPS) is 14.2. The zero-order valence-electron chi connectivity index (χ0n) is 57.0. The fraction of sp³-hybridized carbons (Fsp3) is 0.942. The van der Waals surface area contributed by atoms with E-state index in [0.29, 0.717) is 37.5 Å². The van der Waals surface area contributed by atoms with E-state index in [1.807, 2.05) is 0 Å². The van der Waals surface area contributed by atoms with Crippen LogP contribution in [0.1, 0.15) is 350 Å². The lowest BCUT2D eigenvalue weighted by Gasteiger charge is -2.21. The van der Waals surface area contributed by atoms with E-state index < -0.39 is 97.5 Å².